The monoisotopic (exact) mass is 325 g/mol. The van der Waals surface area contributed by atoms with E-state index in [1.54, 1.807) is 16.7 Å². The average molecular weight is 326 g/mol. The second-order valence-corrected chi connectivity index (χ2v) is 5.32. The lowest BCUT2D eigenvalue weighted by Crippen LogP contribution is -2.05. The molecule has 0 atom stereocenters. The first-order valence-corrected chi connectivity index (χ1v) is 6.80. The molecule has 0 fully saturated rings. The van der Waals surface area contributed by atoms with Crippen molar-refractivity contribution in [3.8, 4) is 0 Å². The minimum Gasteiger partial charge on any atom is -0.369 e. The van der Waals surface area contributed by atoms with Crippen LogP contribution in [0.3, 0.4) is 0 Å². The van der Waals surface area contributed by atoms with Crippen molar-refractivity contribution in [2.75, 3.05) is 5.73 Å². The van der Waals surface area contributed by atoms with E-state index >= 15 is 0 Å². The van der Waals surface area contributed by atoms with Gasteiger partial charge in [0.2, 0.25) is 5.95 Å². The first-order valence-electron chi connectivity index (χ1n) is 6.42. The Labute approximate surface area is 129 Å². The molecule has 0 aliphatic carbocycles. The minimum atomic E-state index is -4.40. The standard InChI is InChI=1S/C15H11ClF3N3/c16-11-4-1-9(2-5-11)8-22-13-6-3-10(15(17,18)19)7-12(13)21-14(22)20/h1-7H,8H2,(H2,20,21). The van der Waals surface area contributed by atoms with Crippen molar-refractivity contribution in [2.45, 2.75) is 12.7 Å². The van der Waals surface area contributed by atoms with Crippen molar-refractivity contribution in [3.63, 3.8) is 0 Å². The first kappa shape index (κ1) is 14.7. The quantitative estimate of drug-likeness (QED) is 0.761. The van der Waals surface area contributed by atoms with E-state index in [1.165, 1.54) is 6.07 Å². The summed E-state index contributed by atoms with van der Waals surface area (Å²) in [6, 6.07) is 10.6. The van der Waals surface area contributed by atoms with Gasteiger partial charge in [-0.1, -0.05) is 23.7 Å². The Morgan fingerprint density at radius 1 is 1.09 bits per heavy atom. The molecule has 0 saturated heterocycles. The molecule has 2 aromatic carbocycles. The summed E-state index contributed by atoms with van der Waals surface area (Å²) in [5, 5.41) is 0.613. The summed E-state index contributed by atoms with van der Waals surface area (Å²) in [5.41, 5.74) is 6.80. The number of nitrogens with two attached hydrogens (primary N) is 1. The van der Waals surface area contributed by atoms with Gasteiger partial charge in [-0.15, -0.1) is 0 Å². The van der Waals surface area contributed by atoms with E-state index in [0.717, 1.165) is 17.7 Å². The maximum atomic E-state index is 12.7. The molecule has 0 amide bonds. The van der Waals surface area contributed by atoms with Gasteiger partial charge in [-0.25, -0.2) is 4.98 Å². The highest BCUT2D eigenvalue weighted by molar-refractivity contribution is 6.30. The third kappa shape index (κ3) is 2.74. The van der Waals surface area contributed by atoms with E-state index in [2.05, 4.69) is 4.98 Å². The molecule has 0 radical (unpaired) electrons. The molecule has 114 valence electrons. The largest absolute Gasteiger partial charge is 0.416 e. The Kier molecular flexibility index (Phi) is 3.48. The van der Waals surface area contributed by atoms with Gasteiger partial charge in [0.1, 0.15) is 0 Å². The predicted octanol–water partition coefficient (Wildman–Crippen LogP) is 4.34. The number of hydrogen-bond donors (Lipinski definition) is 1. The molecule has 0 saturated carbocycles. The summed E-state index contributed by atoms with van der Waals surface area (Å²) in [5.74, 6) is 0.171. The van der Waals surface area contributed by atoms with Crippen molar-refractivity contribution >= 4 is 28.6 Å². The number of alkyl halides is 3. The number of imidazole rings is 1. The van der Waals surface area contributed by atoms with Crippen LogP contribution in [0, 0.1) is 0 Å². The predicted molar refractivity (Wildman–Crippen MR) is 79.7 cm³/mol. The lowest BCUT2D eigenvalue weighted by atomic mass is 10.2. The number of nitrogen functional groups attached to an aromatic ring is 1. The van der Waals surface area contributed by atoms with E-state index in [1.807, 2.05) is 12.1 Å². The number of anilines is 1. The van der Waals surface area contributed by atoms with Gasteiger partial charge >= 0.3 is 6.18 Å². The van der Waals surface area contributed by atoms with Crippen LogP contribution in [-0.2, 0) is 12.7 Å². The molecule has 7 heteroatoms. The summed E-state index contributed by atoms with van der Waals surface area (Å²) < 4.78 is 39.9. The summed E-state index contributed by atoms with van der Waals surface area (Å²) in [7, 11) is 0. The topological polar surface area (TPSA) is 43.8 Å². The molecule has 3 rings (SSSR count). The summed E-state index contributed by atoms with van der Waals surface area (Å²) in [6.45, 7) is 0.408. The van der Waals surface area contributed by atoms with Crippen molar-refractivity contribution < 1.29 is 13.2 Å². The number of rotatable bonds is 2. The zero-order chi connectivity index (χ0) is 15.9. The van der Waals surface area contributed by atoms with Crippen LogP contribution >= 0.6 is 11.6 Å². The van der Waals surface area contributed by atoms with E-state index in [-0.39, 0.29) is 11.5 Å². The Balaban J connectivity index is 2.03. The van der Waals surface area contributed by atoms with Crippen LogP contribution in [0.15, 0.2) is 42.5 Å². The highest BCUT2D eigenvalue weighted by Crippen LogP contribution is 2.32. The molecular formula is C15H11ClF3N3. The van der Waals surface area contributed by atoms with Crippen LogP contribution in [0.4, 0.5) is 19.1 Å². The van der Waals surface area contributed by atoms with E-state index in [4.69, 9.17) is 17.3 Å². The zero-order valence-electron chi connectivity index (χ0n) is 11.2. The van der Waals surface area contributed by atoms with Gasteiger partial charge in [-0.05, 0) is 35.9 Å². The molecule has 0 aliphatic heterocycles. The van der Waals surface area contributed by atoms with Gasteiger partial charge in [0, 0.05) is 5.02 Å². The van der Waals surface area contributed by atoms with Crippen LogP contribution in [0.25, 0.3) is 11.0 Å². The number of halogens is 4. The summed E-state index contributed by atoms with van der Waals surface area (Å²) in [6.07, 6.45) is -4.40. The molecule has 0 unspecified atom stereocenters. The molecule has 1 aromatic heterocycles. The average Bonchev–Trinajstić information content (AvgIpc) is 2.76. The van der Waals surface area contributed by atoms with Crippen LogP contribution in [0.1, 0.15) is 11.1 Å². The highest BCUT2D eigenvalue weighted by Gasteiger charge is 2.31. The molecule has 0 bridgehead atoms. The molecule has 2 N–H and O–H groups in total. The van der Waals surface area contributed by atoms with Gasteiger partial charge in [0.05, 0.1) is 23.1 Å². The third-order valence-corrected chi connectivity index (χ3v) is 3.61. The molecule has 3 aromatic rings. The fraction of sp³-hybridized carbons (Fsp3) is 0.133. The second kappa shape index (κ2) is 5.21. The smallest absolute Gasteiger partial charge is 0.369 e. The van der Waals surface area contributed by atoms with Gasteiger partial charge in [0.25, 0.3) is 0 Å². The van der Waals surface area contributed by atoms with Crippen molar-refractivity contribution in [1.29, 1.82) is 0 Å². The van der Waals surface area contributed by atoms with E-state index in [9.17, 15) is 13.2 Å². The van der Waals surface area contributed by atoms with Crippen molar-refractivity contribution in [2.24, 2.45) is 0 Å². The van der Waals surface area contributed by atoms with Gasteiger partial charge < -0.3 is 10.3 Å². The fourth-order valence-corrected chi connectivity index (χ4v) is 2.39. The van der Waals surface area contributed by atoms with Gasteiger partial charge in [0.15, 0.2) is 0 Å². The van der Waals surface area contributed by atoms with Gasteiger partial charge in [-0.3, -0.25) is 0 Å². The van der Waals surface area contributed by atoms with Crippen molar-refractivity contribution in [1.82, 2.24) is 9.55 Å². The number of fused-ring (bicyclic) bond motifs is 1. The molecule has 0 aliphatic rings. The van der Waals surface area contributed by atoms with Crippen LogP contribution in [0.5, 0.6) is 0 Å². The minimum absolute atomic E-state index is 0.171. The SMILES string of the molecule is Nc1nc2cc(C(F)(F)F)ccc2n1Cc1ccc(Cl)cc1. The zero-order valence-corrected chi connectivity index (χ0v) is 12.0. The number of aromatic nitrogens is 2. The number of nitrogens with zero attached hydrogens (tertiary/aromatic N) is 2. The molecule has 0 spiro atoms. The van der Waals surface area contributed by atoms with Gasteiger partial charge in [-0.2, -0.15) is 13.2 Å². The Morgan fingerprint density at radius 2 is 1.77 bits per heavy atom. The second-order valence-electron chi connectivity index (χ2n) is 4.88. The molecule has 22 heavy (non-hydrogen) atoms. The Hall–Kier alpha value is -2.21. The maximum Gasteiger partial charge on any atom is 0.416 e. The molecule has 1 heterocycles. The molecular weight excluding hydrogens is 315 g/mol. The fourth-order valence-electron chi connectivity index (χ4n) is 2.26. The van der Waals surface area contributed by atoms with Crippen LogP contribution < -0.4 is 5.73 Å². The summed E-state index contributed by atoms with van der Waals surface area (Å²) >= 11 is 5.83. The maximum absolute atomic E-state index is 12.7. The third-order valence-electron chi connectivity index (χ3n) is 3.36. The highest BCUT2D eigenvalue weighted by atomic mass is 35.5. The summed E-state index contributed by atoms with van der Waals surface area (Å²) in [4.78, 5) is 4.02. The normalized spacial score (nSPS) is 12.0. The Bertz CT molecular complexity index is 822. The Morgan fingerprint density at radius 3 is 2.41 bits per heavy atom. The number of benzene rings is 2. The van der Waals surface area contributed by atoms with Crippen molar-refractivity contribution in [3.05, 3.63) is 58.6 Å². The first-order chi connectivity index (χ1) is 10.3. The van der Waals surface area contributed by atoms with E-state index < -0.39 is 11.7 Å². The van der Waals surface area contributed by atoms with Crippen LogP contribution in [-0.4, -0.2) is 9.55 Å². The van der Waals surface area contributed by atoms with E-state index in [0.29, 0.717) is 17.1 Å². The molecule has 3 nitrogen and oxygen atoms in total. The van der Waals surface area contributed by atoms with Crippen LogP contribution in [0.2, 0.25) is 5.02 Å². The lowest BCUT2D eigenvalue weighted by Gasteiger charge is -2.08. The lowest BCUT2D eigenvalue weighted by molar-refractivity contribution is -0.137. The number of hydrogen-bond acceptors (Lipinski definition) is 2.